The van der Waals surface area contributed by atoms with Crippen LogP contribution in [0.4, 0.5) is 5.95 Å². The molecule has 0 bridgehead atoms. The molecule has 1 unspecified atom stereocenters. The third-order valence-corrected chi connectivity index (χ3v) is 3.17. The van der Waals surface area contributed by atoms with Gasteiger partial charge in [0.25, 0.3) is 0 Å². The number of unbranched alkanes of at least 4 members (excludes halogenated alkanes) is 2. The molecule has 18 heavy (non-hydrogen) atoms. The smallest absolute Gasteiger partial charge is 0.243 e. The minimum absolute atomic E-state index is 0.425. The van der Waals surface area contributed by atoms with Gasteiger partial charge in [-0.25, -0.2) is 4.52 Å². The van der Waals surface area contributed by atoms with E-state index in [1.54, 1.807) is 0 Å². The molecule has 1 atom stereocenters. The van der Waals surface area contributed by atoms with Crippen LogP contribution in [0.1, 0.15) is 45.2 Å². The van der Waals surface area contributed by atoms with Crippen molar-refractivity contribution < 1.29 is 0 Å². The lowest BCUT2D eigenvalue weighted by Gasteiger charge is -2.11. The topological polar surface area (TPSA) is 42.2 Å². The van der Waals surface area contributed by atoms with E-state index in [0.29, 0.717) is 6.04 Å². The van der Waals surface area contributed by atoms with E-state index in [9.17, 15) is 0 Å². The van der Waals surface area contributed by atoms with Gasteiger partial charge in [0, 0.05) is 11.7 Å². The summed E-state index contributed by atoms with van der Waals surface area (Å²) in [7, 11) is 0. The van der Waals surface area contributed by atoms with Crippen LogP contribution in [0.2, 0.25) is 0 Å². The molecule has 0 spiro atoms. The zero-order chi connectivity index (χ0) is 13.0. The summed E-state index contributed by atoms with van der Waals surface area (Å²) in [5.74, 6) is 0.730. The first kappa shape index (κ1) is 12.9. The van der Waals surface area contributed by atoms with Gasteiger partial charge < -0.3 is 5.32 Å². The number of hydrogen-bond acceptors (Lipinski definition) is 3. The molecular weight excluding hydrogens is 224 g/mol. The Morgan fingerprint density at radius 1 is 1.33 bits per heavy atom. The lowest BCUT2D eigenvalue weighted by atomic mass is 10.1. The second-order valence-electron chi connectivity index (χ2n) is 4.91. The SMILES string of the molecule is CCCCCC(C)Nc1nc2cccc(C)n2n1. The van der Waals surface area contributed by atoms with Gasteiger partial charge in [0.15, 0.2) is 5.65 Å². The van der Waals surface area contributed by atoms with Gasteiger partial charge in [-0.2, -0.15) is 4.98 Å². The molecular formula is C14H22N4. The van der Waals surface area contributed by atoms with Crippen molar-refractivity contribution >= 4 is 11.6 Å². The number of pyridine rings is 1. The van der Waals surface area contributed by atoms with E-state index < -0.39 is 0 Å². The lowest BCUT2D eigenvalue weighted by molar-refractivity contribution is 0.612. The molecule has 0 aliphatic carbocycles. The molecule has 0 radical (unpaired) electrons. The summed E-state index contributed by atoms with van der Waals surface area (Å²) in [6.45, 7) is 6.45. The van der Waals surface area contributed by atoms with E-state index >= 15 is 0 Å². The number of fused-ring (bicyclic) bond motifs is 1. The van der Waals surface area contributed by atoms with E-state index in [0.717, 1.165) is 17.3 Å². The van der Waals surface area contributed by atoms with Crippen molar-refractivity contribution in [1.29, 1.82) is 0 Å². The summed E-state index contributed by atoms with van der Waals surface area (Å²) in [6, 6.07) is 6.45. The highest BCUT2D eigenvalue weighted by Gasteiger charge is 2.07. The molecule has 98 valence electrons. The van der Waals surface area contributed by atoms with E-state index in [2.05, 4.69) is 29.2 Å². The Morgan fingerprint density at radius 3 is 2.89 bits per heavy atom. The molecule has 0 amide bonds. The van der Waals surface area contributed by atoms with Gasteiger partial charge in [-0.15, -0.1) is 5.10 Å². The Balaban J connectivity index is 2.01. The molecule has 0 aliphatic rings. The summed E-state index contributed by atoms with van der Waals surface area (Å²) in [5, 5.41) is 7.85. The van der Waals surface area contributed by atoms with Gasteiger partial charge in [0.2, 0.25) is 5.95 Å². The van der Waals surface area contributed by atoms with Crippen molar-refractivity contribution in [2.24, 2.45) is 0 Å². The average Bonchev–Trinajstić information content (AvgIpc) is 2.73. The normalized spacial score (nSPS) is 12.8. The molecule has 2 aromatic rings. The number of hydrogen-bond donors (Lipinski definition) is 1. The van der Waals surface area contributed by atoms with E-state index in [4.69, 9.17) is 0 Å². The molecule has 2 heterocycles. The van der Waals surface area contributed by atoms with Crippen LogP contribution in [0, 0.1) is 6.92 Å². The van der Waals surface area contributed by atoms with Crippen LogP contribution in [-0.2, 0) is 0 Å². The van der Waals surface area contributed by atoms with Crippen LogP contribution >= 0.6 is 0 Å². The fourth-order valence-corrected chi connectivity index (χ4v) is 2.09. The van der Waals surface area contributed by atoms with E-state index in [-0.39, 0.29) is 0 Å². The maximum absolute atomic E-state index is 4.48. The van der Waals surface area contributed by atoms with Crippen molar-refractivity contribution in [2.45, 2.75) is 52.5 Å². The van der Waals surface area contributed by atoms with Gasteiger partial charge in [-0.1, -0.05) is 32.3 Å². The molecule has 0 fully saturated rings. The van der Waals surface area contributed by atoms with E-state index in [1.165, 1.54) is 25.7 Å². The first-order valence-corrected chi connectivity index (χ1v) is 6.79. The zero-order valence-corrected chi connectivity index (χ0v) is 11.5. The monoisotopic (exact) mass is 246 g/mol. The van der Waals surface area contributed by atoms with Gasteiger partial charge in [0.05, 0.1) is 0 Å². The Kier molecular flexibility index (Phi) is 4.18. The van der Waals surface area contributed by atoms with Crippen molar-refractivity contribution in [1.82, 2.24) is 14.6 Å². The first-order chi connectivity index (χ1) is 8.70. The summed E-state index contributed by atoms with van der Waals surface area (Å²) in [6.07, 6.45) is 4.99. The predicted molar refractivity (Wildman–Crippen MR) is 75.0 cm³/mol. The minimum Gasteiger partial charge on any atom is -0.350 e. The van der Waals surface area contributed by atoms with Gasteiger partial charge in [0.1, 0.15) is 0 Å². The summed E-state index contributed by atoms with van der Waals surface area (Å²) >= 11 is 0. The largest absolute Gasteiger partial charge is 0.350 e. The van der Waals surface area contributed by atoms with Gasteiger partial charge >= 0.3 is 0 Å². The fraction of sp³-hybridized carbons (Fsp3) is 0.571. The number of nitrogens with one attached hydrogen (secondary N) is 1. The quantitative estimate of drug-likeness (QED) is 0.794. The Bertz CT molecular complexity index is 503. The minimum atomic E-state index is 0.425. The molecule has 0 saturated carbocycles. The van der Waals surface area contributed by atoms with Crippen LogP contribution in [0.3, 0.4) is 0 Å². The highest BCUT2D eigenvalue weighted by molar-refractivity contribution is 5.44. The molecule has 0 saturated heterocycles. The number of aryl methyl sites for hydroxylation is 1. The second-order valence-corrected chi connectivity index (χ2v) is 4.91. The van der Waals surface area contributed by atoms with E-state index in [1.807, 2.05) is 29.6 Å². The second kappa shape index (κ2) is 5.85. The lowest BCUT2D eigenvalue weighted by Crippen LogP contribution is -2.15. The Hall–Kier alpha value is -1.58. The van der Waals surface area contributed by atoms with Gasteiger partial charge in [-0.3, -0.25) is 0 Å². The maximum atomic E-state index is 4.48. The Labute approximate surface area is 108 Å². The van der Waals surface area contributed by atoms with Crippen LogP contribution in [0.15, 0.2) is 18.2 Å². The molecule has 0 aliphatic heterocycles. The summed E-state index contributed by atoms with van der Waals surface area (Å²) < 4.78 is 1.88. The highest BCUT2D eigenvalue weighted by Crippen LogP contribution is 2.11. The zero-order valence-electron chi connectivity index (χ0n) is 11.5. The molecule has 4 nitrogen and oxygen atoms in total. The number of rotatable bonds is 6. The summed E-state index contributed by atoms with van der Waals surface area (Å²) in [5.41, 5.74) is 2.00. The van der Waals surface area contributed by atoms with Gasteiger partial charge in [-0.05, 0) is 32.4 Å². The standard InChI is InChI=1S/C14H22N4/c1-4-5-6-8-11(2)15-14-16-13-10-7-9-12(3)18(13)17-14/h7,9-11H,4-6,8H2,1-3H3,(H,15,17). The first-order valence-electron chi connectivity index (χ1n) is 6.79. The Morgan fingerprint density at radius 2 is 2.17 bits per heavy atom. The van der Waals surface area contributed by atoms with Crippen LogP contribution in [-0.4, -0.2) is 20.6 Å². The van der Waals surface area contributed by atoms with Crippen LogP contribution in [0.5, 0.6) is 0 Å². The van der Waals surface area contributed by atoms with Crippen LogP contribution in [0.25, 0.3) is 5.65 Å². The third-order valence-electron chi connectivity index (χ3n) is 3.17. The average molecular weight is 246 g/mol. The molecule has 2 rings (SSSR count). The molecule has 4 heteroatoms. The molecule has 2 aromatic heterocycles. The number of anilines is 1. The summed E-state index contributed by atoms with van der Waals surface area (Å²) in [4.78, 5) is 4.48. The predicted octanol–water partition coefficient (Wildman–Crippen LogP) is 3.42. The maximum Gasteiger partial charge on any atom is 0.243 e. The van der Waals surface area contributed by atoms with Crippen molar-refractivity contribution in [3.05, 3.63) is 23.9 Å². The van der Waals surface area contributed by atoms with Crippen molar-refractivity contribution in [2.75, 3.05) is 5.32 Å². The fourth-order valence-electron chi connectivity index (χ4n) is 2.09. The number of nitrogens with zero attached hydrogens (tertiary/aromatic N) is 3. The highest BCUT2D eigenvalue weighted by atomic mass is 15.4. The third kappa shape index (κ3) is 3.00. The molecule has 1 N–H and O–H groups in total. The van der Waals surface area contributed by atoms with Crippen molar-refractivity contribution in [3.63, 3.8) is 0 Å². The number of aromatic nitrogens is 3. The van der Waals surface area contributed by atoms with Crippen LogP contribution < -0.4 is 5.32 Å². The van der Waals surface area contributed by atoms with Crippen molar-refractivity contribution in [3.8, 4) is 0 Å². The molecule has 0 aromatic carbocycles.